The van der Waals surface area contributed by atoms with Gasteiger partial charge in [0, 0.05) is 13.0 Å². The lowest BCUT2D eigenvalue weighted by molar-refractivity contribution is -0.141. The van der Waals surface area contributed by atoms with E-state index >= 15 is 0 Å². The molecule has 0 radical (unpaired) electrons. The van der Waals surface area contributed by atoms with Gasteiger partial charge in [0.2, 0.25) is 23.6 Å². The van der Waals surface area contributed by atoms with Crippen LogP contribution in [0.2, 0.25) is 0 Å². The maximum Gasteiger partial charge on any atom is 0.245 e. The standard InChI is InChI=1S/C34H60N4O5/c1-6-7-8-9-10-11-12-13-14-15-16-17-18-19-20-23-31(40)35-27(4)32(41)36-28(5)34(43)38-24-21-22-30(38)33(42)37-29(25-39)26(2)3/h13-14,25-30H,6-12,15-24H2,1-5H3,(H,35,40)(H,36,41)(H,37,42)/t27-,28-,29+,30-/m0/s1. The van der Waals surface area contributed by atoms with Crippen LogP contribution in [0.3, 0.4) is 0 Å². The van der Waals surface area contributed by atoms with Crippen LogP contribution >= 0.6 is 0 Å². The summed E-state index contributed by atoms with van der Waals surface area (Å²) < 4.78 is 0. The van der Waals surface area contributed by atoms with Crippen molar-refractivity contribution in [2.24, 2.45) is 5.92 Å². The van der Waals surface area contributed by atoms with Crippen molar-refractivity contribution in [2.75, 3.05) is 6.54 Å². The van der Waals surface area contributed by atoms with Gasteiger partial charge in [-0.3, -0.25) is 19.2 Å². The number of allylic oxidation sites excluding steroid dienone is 2. The van der Waals surface area contributed by atoms with Gasteiger partial charge in [0.1, 0.15) is 24.4 Å². The van der Waals surface area contributed by atoms with Crippen LogP contribution in [0.5, 0.6) is 0 Å². The SMILES string of the molecule is CCCCCCCCC=CCCCCCCCC(=O)N[C@@H](C)C(=O)N[C@@H](C)C(=O)N1CCC[C@H]1C(=O)N[C@H](C=O)C(C)C. The molecule has 0 aromatic rings. The molecular weight excluding hydrogens is 544 g/mol. The van der Waals surface area contributed by atoms with Crippen molar-refractivity contribution in [3.05, 3.63) is 12.2 Å². The molecule has 0 aromatic heterocycles. The van der Waals surface area contributed by atoms with Crippen molar-refractivity contribution in [2.45, 2.75) is 162 Å². The Kier molecular flexibility index (Phi) is 20.3. The largest absolute Gasteiger partial charge is 0.345 e. The minimum atomic E-state index is -0.849. The van der Waals surface area contributed by atoms with Crippen LogP contribution in [0, 0.1) is 5.92 Å². The van der Waals surface area contributed by atoms with E-state index in [1.807, 2.05) is 13.8 Å². The number of amides is 4. The number of hydrogen-bond donors (Lipinski definition) is 3. The third kappa shape index (κ3) is 16.1. The van der Waals surface area contributed by atoms with Gasteiger partial charge in [-0.1, -0.05) is 84.3 Å². The maximum absolute atomic E-state index is 13.1. The topological polar surface area (TPSA) is 125 Å². The molecule has 9 heteroatoms. The van der Waals surface area contributed by atoms with Gasteiger partial charge in [-0.15, -0.1) is 0 Å². The van der Waals surface area contributed by atoms with E-state index in [1.54, 1.807) is 13.8 Å². The average Bonchev–Trinajstić information content (AvgIpc) is 3.47. The van der Waals surface area contributed by atoms with E-state index < -0.39 is 30.1 Å². The molecule has 4 amide bonds. The molecule has 0 spiro atoms. The van der Waals surface area contributed by atoms with Crippen LogP contribution in [0.4, 0.5) is 0 Å². The molecule has 1 aliphatic rings. The summed E-state index contributed by atoms with van der Waals surface area (Å²) in [5, 5.41) is 8.12. The van der Waals surface area contributed by atoms with E-state index in [1.165, 1.54) is 56.3 Å². The van der Waals surface area contributed by atoms with E-state index in [0.717, 1.165) is 32.1 Å². The molecular formula is C34H60N4O5. The first-order valence-corrected chi connectivity index (χ1v) is 16.9. The Morgan fingerprint density at radius 1 is 0.767 bits per heavy atom. The summed E-state index contributed by atoms with van der Waals surface area (Å²) in [5.74, 6) is -1.39. The van der Waals surface area contributed by atoms with Crippen LogP contribution in [0.15, 0.2) is 12.2 Å². The lowest BCUT2D eigenvalue weighted by atomic mass is 10.1. The highest BCUT2D eigenvalue weighted by atomic mass is 16.2. The van der Waals surface area contributed by atoms with Crippen molar-refractivity contribution in [1.82, 2.24) is 20.9 Å². The molecule has 4 atom stereocenters. The number of carbonyl (C=O) groups is 5. The predicted octanol–water partition coefficient (Wildman–Crippen LogP) is 5.36. The van der Waals surface area contributed by atoms with Gasteiger partial charge in [0.05, 0.1) is 6.04 Å². The fraction of sp³-hybridized carbons (Fsp3) is 0.794. The van der Waals surface area contributed by atoms with Crippen molar-refractivity contribution >= 4 is 29.9 Å². The van der Waals surface area contributed by atoms with E-state index in [0.29, 0.717) is 32.1 Å². The molecule has 0 bridgehead atoms. The number of carbonyl (C=O) groups excluding carboxylic acids is 5. The summed E-state index contributed by atoms with van der Waals surface area (Å²) in [6.45, 7) is 9.51. The quantitative estimate of drug-likeness (QED) is 0.0822. The molecule has 0 aromatic carbocycles. The van der Waals surface area contributed by atoms with Crippen molar-refractivity contribution in [3.8, 4) is 0 Å². The smallest absolute Gasteiger partial charge is 0.245 e. The Hall–Kier alpha value is -2.71. The lowest BCUT2D eigenvalue weighted by Crippen LogP contribution is -2.56. The number of nitrogens with zero attached hydrogens (tertiary/aromatic N) is 1. The number of nitrogens with one attached hydrogen (secondary N) is 3. The Balaban J connectivity index is 2.24. The van der Waals surface area contributed by atoms with Crippen molar-refractivity contribution < 1.29 is 24.0 Å². The van der Waals surface area contributed by atoms with Crippen LogP contribution in [0.25, 0.3) is 0 Å². The highest BCUT2D eigenvalue weighted by molar-refractivity contribution is 5.94. The summed E-state index contributed by atoms with van der Waals surface area (Å²) in [6.07, 6.45) is 22.4. The second-order valence-corrected chi connectivity index (χ2v) is 12.5. The van der Waals surface area contributed by atoms with E-state index in [4.69, 9.17) is 0 Å². The zero-order valence-corrected chi connectivity index (χ0v) is 27.6. The highest BCUT2D eigenvalue weighted by Gasteiger charge is 2.37. The zero-order valence-electron chi connectivity index (χ0n) is 27.6. The molecule has 3 N–H and O–H groups in total. The predicted molar refractivity (Wildman–Crippen MR) is 172 cm³/mol. The zero-order chi connectivity index (χ0) is 32.0. The van der Waals surface area contributed by atoms with E-state index in [-0.39, 0.29) is 23.6 Å². The van der Waals surface area contributed by atoms with Crippen LogP contribution in [0.1, 0.15) is 137 Å². The van der Waals surface area contributed by atoms with Crippen molar-refractivity contribution in [3.63, 3.8) is 0 Å². The van der Waals surface area contributed by atoms with Crippen LogP contribution < -0.4 is 16.0 Å². The molecule has 1 fully saturated rings. The molecule has 1 saturated heterocycles. The molecule has 1 aliphatic heterocycles. The molecule has 43 heavy (non-hydrogen) atoms. The molecule has 0 unspecified atom stereocenters. The average molecular weight is 605 g/mol. The van der Waals surface area contributed by atoms with Gasteiger partial charge in [-0.25, -0.2) is 0 Å². The Bertz CT molecular complexity index is 875. The van der Waals surface area contributed by atoms with Crippen LogP contribution in [-0.4, -0.2) is 65.5 Å². The van der Waals surface area contributed by atoms with Gasteiger partial charge < -0.3 is 25.6 Å². The number of hydrogen-bond acceptors (Lipinski definition) is 5. The second kappa shape index (κ2) is 22.8. The van der Waals surface area contributed by atoms with E-state index in [2.05, 4.69) is 35.0 Å². The van der Waals surface area contributed by atoms with Gasteiger partial charge in [0.25, 0.3) is 0 Å². The number of likely N-dealkylation sites (tertiary alicyclic amines) is 1. The highest BCUT2D eigenvalue weighted by Crippen LogP contribution is 2.19. The Morgan fingerprint density at radius 3 is 1.93 bits per heavy atom. The lowest BCUT2D eigenvalue weighted by Gasteiger charge is -2.29. The second-order valence-electron chi connectivity index (χ2n) is 12.5. The Morgan fingerprint density at radius 2 is 1.35 bits per heavy atom. The van der Waals surface area contributed by atoms with Gasteiger partial charge in [-0.05, 0) is 64.7 Å². The first kappa shape index (κ1) is 38.3. The monoisotopic (exact) mass is 604 g/mol. The van der Waals surface area contributed by atoms with E-state index in [9.17, 15) is 24.0 Å². The van der Waals surface area contributed by atoms with Gasteiger partial charge >= 0.3 is 0 Å². The van der Waals surface area contributed by atoms with Crippen molar-refractivity contribution in [1.29, 1.82) is 0 Å². The molecule has 246 valence electrons. The third-order valence-corrected chi connectivity index (χ3v) is 8.18. The molecule has 0 aliphatic carbocycles. The number of rotatable bonds is 23. The number of unbranched alkanes of at least 4 members (excludes halogenated alkanes) is 11. The van der Waals surface area contributed by atoms with Gasteiger partial charge in [-0.2, -0.15) is 0 Å². The summed E-state index contributed by atoms with van der Waals surface area (Å²) in [5.41, 5.74) is 0. The maximum atomic E-state index is 13.1. The fourth-order valence-electron chi connectivity index (χ4n) is 5.31. The molecule has 1 rings (SSSR count). The third-order valence-electron chi connectivity index (χ3n) is 8.18. The first-order valence-electron chi connectivity index (χ1n) is 16.9. The molecule has 9 nitrogen and oxygen atoms in total. The summed E-state index contributed by atoms with van der Waals surface area (Å²) in [7, 11) is 0. The van der Waals surface area contributed by atoms with Crippen LogP contribution in [-0.2, 0) is 24.0 Å². The summed E-state index contributed by atoms with van der Waals surface area (Å²) in [4.78, 5) is 63.6. The minimum absolute atomic E-state index is 0.0567. The fourth-order valence-corrected chi connectivity index (χ4v) is 5.31. The first-order chi connectivity index (χ1) is 20.6. The molecule has 1 heterocycles. The normalized spacial score (nSPS) is 17.1. The minimum Gasteiger partial charge on any atom is -0.345 e. The Labute approximate surface area is 260 Å². The van der Waals surface area contributed by atoms with Gasteiger partial charge in [0.15, 0.2) is 0 Å². The summed E-state index contributed by atoms with van der Waals surface area (Å²) in [6, 6.07) is -2.91. The molecule has 0 saturated carbocycles. The summed E-state index contributed by atoms with van der Waals surface area (Å²) >= 11 is 0. The number of aldehydes is 1.